The molecule has 5 nitrogen and oxygen atoms in total. The van der Waals surface area contributed by atoms with Crippen molar-refractivity contribution < 1.29 is 13.2 Å². The zero-order valence-electron chi connectivity index (χ0n) is 16.2. The Labute approximate surface area is 176 Å². The van der Waals surface area contributed by atoms with Crippen LogP contribution in [0.4, 0.5) is 5.69 Å². The van der Waals surface area contributed by atoms with E-state index < -0.39 is 10.0 Å². The smallest absolute Gasteiger partial charge is 0.240 e. The highest BCUT2D eigenvalue weighted by Gasteiger charge is 2.22. The molecule has 152 valence electrons. The Bertz CT molecular complexity index is 933. The number of hydrogen-bond acceptors (Lipinski definition) is 4. The van der Waals surface area contributed by atoms with E-state index in [0.717, 1.165) is 22.1 Å². The fourth-order valence-electron chi connectivity index (χ4n) is 2.69. The van der Waals surface area contributed by atoms with Crippen LogP contribution in [0.3, 0.4) is 0 Å². The predicted octanol–water partition coefficient (Wildman–Crippen LogP) is 3.77. The van der Waals surface area contributed by atoms with Crippen LogP contribution in [0.5, 0.6) is 0 Å². The van der Waals surface area contributed by atoms with Crippen molar-refractivity contribution in [1.29, 1.82) is 0 Å². The number of aryl methyl sites for hydroxylation is 1. The first-order valence-electron chi connectivity index (χ1n) is 8.81. The zero-order valence-corrected chi connectivity index (χ0v) is 18.6. The zero-order chi connectivity index (χ0) is 20.7. The van der Waals surface area contributed by atoms with Crippen molar-refractivity contribution in [2.75, 3.05) is 29.4 Å². The fourth-order valence-corrected chi connectivity index (χ4v) is 4.57. The Kier molecular flexibility index (Phi) is 8.22. The minimum absolute atomic E-state index is 0.275. The first-order chi connectivity index (χ1) is 13.2. The molecule has 0 atom stereocenters. The summed E-state index contributed by atoms with van der Waals surface area (Å²) in [5, 5.41) is 3.25. The number of carbonyl (C=O) groups is 1. The lowest BCUT2D eigenvalue weighted by atomic mass is 10.2. The van der Waals surface area contributed by atoms with Gasteiger partial charge in [-0.3, -0.25) is 9.10 Å². The predicted molar refractivity (Wildman–Crippen MR) is 119 cm³/mol. The first-order valence-corrected chi connectivity index (χ1v) is 12.2. The second-order valence-electron chi connectivity index (χ2n) is 6.55. The average molecular weight is 441 g/mol. The van der Waals surface area contributed by atoms with E-state index in [-0.39, 0.29) is 12.5 Å². The van der Waals surface area contributed by atoms with Crippen LogP contribution in [0.25, 0.3) is 0 Å². The Balaban J connectivity index is 1.88. The number of hydrogen-bond donors (Lipinski definition) is 1. The number of sulfonamides is 1. The van der Waals surface area contributed by atoms with Gasteiger partial charge in [-0.15, -0.1) is 0 Å². The average Bonchev–Trinajstić information content (AvgIpc) is 2.61. The van der Waals surface area contributed by atoms with Crippen LogP contribution in [-0.4, -0.2) is 39.4 Å². The number of amides is 1. The van der Waals surface area contributed by atoms with Gasteiger partial charge < -0.3 is 5.32 Å². The maximum Gasteiger partial charge on any atom is 0.240 e. The Morgan fingerprint density at radius 3 is 2.57 bits per heavy atom. The SMILES string of the molecule is Cc1cccc(CSCCNC(=O)CN(c2cccc(Cl)c2C)S(C)(=O)=O)c1. The summed E-state index contributed by atoms with van der Waals surface area (Å²) in [4.78, 5) is 12.3. The highest BCUT2D eigenvalue weighted by molar-refractivity contribution is 7.98. The Morgan fingerprint density at radius 1 is 1.18 bits per heavy atom. The molecule has 2 aromatic carbocycles. The van der Waals surface area contributed by atoms with Gasteiger partial charge in [-0.1, -0.05) is 47.5 Å². The van der Waals surface area contributed by atoms with Crippen LogP contribution in [0.2, 0.25) is 5.02 Å². The molecule has 0 bridgehead atoms. The van der Waals surface area contributed by atoms with Gasteiger partial charge in [0.25, 0.3) is 0 Å². The van der Waals surface area contributed by atoms with Crippen molar-refractivity contribution in [3.63, 3.8) is 0 Å². The van der Waals surface area contributed by atoms with Crippen LogP contribution < -0.4 is 9.62 Å². The van der Waals surface area contributed by atoms with E-state index >= 15 is 0 Å². The molecule has 2 aromatic rings. The highest BCUT2D eigenvalue weighted by atomic mass is 35.5. The molecule has 0 fully saturated rings. The molecule has 0 aliphatic heterocycles. The van der Waals surface area contributed by atoms with Crippen molar-refractivity contribution in [3.8, 4) is 0 Å². The van der Waals surface area contributed by atoms with Gasteiger partial charge in [-0.05, 0) is 37.1 Å². The standard InChI is InChI=1S/C20H25ClN2O3S2/c1-15-6-4-7-17(12-15)14-27-11-10-22-20(24)13-23(28(3,25)26)19-9-5-8-18(21)16(19)2/h4-9,12H,10-11,13-14H2,1-3H3,(H,22,24). The van der Waals surface area contributed by atoms with Gasteiger partial charge in [0.2, 0.25) is 15.9 Å². The topological polar surface area (TPSA) is 66.5 Å². The van der Waals surface area contributed by atoms with E-state index in [9.17, 15) is 13.2 Å². The maximum absolute atomic E-state index is 12.3. The van der Waals surface area contributed by atoms with E-state index in [4.69, 9.17) is 11.6 Å². The van der Waals surface area contributed by atoms with Crippen LogP contribution >= 0.6 is 23.4 Å². The van der Waals surface area contributed by atoms with Crippen molar-refractivity contribution in [2.24, 2.45) is 0 Å². The number of rotatable bonds is 9. The summed E-state index contributed by atoms with van der Waals surface area (Å²) in [7, 11) is -3.62. The van der Waals surface area contributed by atoms with Crippen molar-refractivity contribution in [3.05, 3.63) is 64.2 Å². The van der Waals surface area contributed by atoms with Gasteiger partial charge >= 0.3 is 0 Å². The fraction of sp³-hybridized carbons (Fsp3) is 0.350. The second kappa shape index (κ2) is 10.2. The molecular weight excluding hydrogens is 416 g/mol. The molecule has 1 N–H and O–H groups in total. The van der Waals surface area contributed by atoms with E-state index in [1.54, 1.807) is 36.9 Å². The lowest BCUT2D eigenvalue weighted by Gasteiger charge is -2.24. The molecule has 0 spiro atoms. The summed E-state index contributed by atoms with van der Waals surface area (Å²) >= 11 is 7.82. The van der Waals surface area contributed by atoms with Gasteiger partial charge in [-0.25, -0.2) is 8.42 Å². The van der Waals surface area contributed by atoms with Gasteiger partial charge in [0.15, 0.2) is 0 Å². The number of benzene rings is 2. The molecular formula is C20H25ClN2O3S2. The molecule has 0 saturated carbocycles. The molecule has 0 saturated heterocycles. The van der Waals surface area contributed by atoms with Crippen LogP contribution in [0.1, 0.15) is 16.7 Å². The summed E-state index contributed by atoms with van der Waals surface area (Å²) in [5.74, 6) is 1.27. The highest BCUT2D eigenvalue weighted by Crippen LogP contribution is 2.27. The third-order valence-electron chi connectivity index (χ3n) is 4.12. The summed E-state index contributed by atoms with van der Waals surface area (Å²) < 4.78 is 25.5. The molecule has 1 amide bonds. The third-order valence-corrected chi connectivity index (χ3v) is 6.68. The van der Waals surface area contributed by atoms with Gasteiger partial charge in [0.05, 0.1) is 11.9 Å². The first kappa shape index (κ1) is 22.6. The van der Waals surface area contributed by atoms with Crippen LogP contribution in [0.15, 0.2) is 42.5 Å². The maximum atomic E-state index is 12.3. The molecule has 28 heavy (non-hydrogen) atoms. The Hall–Kier alpha value is -1.70. The van der Waals surface area contributed by atoms with Crippen molar-refractivity contribution >= 4 is 45.0 Å². The van der Waals surface area contributed by atoms with Crippen LogP contribution in [0, 0.1) is 13.8 Å². The summed E-state index contributed by atoms with van der Waals surface area (Å²) in [6, 6.07) is 13.3. The summed E-state index contributed by atoms with van der Waals surface area (Å²) in [5.41, 5.74) is 3.51. The Morgan fingerprint density at radius 2 is 1.89 bits per heavy atom. The van der Waals surface area contributed by atoms with Gasteiger partial charge in [0.1, 0.15) is 6.54 Å². The summed E-state index contributed by atoms with van der Waals surface area (Å²) in [6.45, 7) is 3.99. The monoisotopic (exact) mass is 440 g/mol. The molecule has 0 aliphatic carbocycles. The molecule has 0 radical (unpaired) electrons. The molecule has 0 heterocycles. The van der Waals surface area contributed by atoms with E-state index in [1.165, 1.54) is 11.1 Å². The number of carbonyl (C=O) groups excluding carboxylic acids is 1. The number of nitrogens with zero attached hydrogens (tertiary/aromatic N) is 1. The van der Waals surface area contributed by atoms with Gasteiger partial charge in [0, 0.05) is 23.1 Å². The molecule has 0 unspecified atom stereocenters. The van der Waals surface area contributed by atoms with Crippen molar-refractivity contribution in [2.45, 2.75) is 19.6 Å². The number of thioether (sulfide) groups is 1. The lowest BCUT2D eigenvalue weighted by Crippen LogP contribution is -2.41. The molecule has 8 heteroatoms. The molecule has 0 aromatic heterocycles. The number of halogens is 1. The minimum Gasteiger partial charge on any atom is -0.354 e. The molecule has 0 aliphatic rings. The van der Waals surface area contributed by atoms with E-state index in [1.807, 2.05) is 6.07 Å². The quantitative estimate of drug-likeness (QED) is 0.602. The summed E-state index contributed by atoms with van der Waals surface area (Å²) in [6.07, 6.45) is 1.08. The van der Waals surface area contributed by atoms with E-state index in [2.05, 4.69) is 30.4 Å². The lowest BCUT2D eigenvalue weighted by molar-refractivity contribution is -0.119. The third kappa shape index (κ3) is 6.72. The van der Waals surface area contributed by atoms with E-state index in [0.29, 0.717) is 22.8 Å². The number of nitrogens with one attached hydrogen (secondary N) is 1. The van der Waals surface area contributed by atoms with Crippen molar-refractivity contribution in [1.82, 2.24) is 5.32 Å². The normalized spacial score (nSPS) is 11.3. The number of anilines is 1. The van der Waals surface area contributed by atoms with Gasteiger partial charge in [-0.2, -0.15) is 11.8 Å². The van der Waals surface area contributed by atoms with Crippen LogP contribution in [-0.2, 0) is 20.6 Å². The second-order valence-corrected chi connectivity index (χ2v) is 9.96. The largest absolute Gasteiger partial charge is 0.354 e. The molecule has 2 rings (SSSR count). The minimum atomic E-state index is -3.62.